The zero-order valence-electron chi connectivity index (χ0n) is 27.7. The molecule has 44 heavy (non-hydrogen) atoms. The number of ether oxygens (including phenoxy) is 2. The van der Waals surface area contributed by atoms with Gasteiger partial charge in [0.25, 0.3) is 0 Å². The smallest absolute Gasteiger partial charge is 0.161 e. The second-order valence-electron chi connectivity index (χ2n) is 12.8. The second kappa shape index (κ2) is 19.7. The zero-order chi connectivity index (χ0) is 31.6. The normalized spacial score (nSPS) is 16.3. The summed E-state index contributed by atoms with van der Waals surface area (Å²) >= 11 is 0. The first-order valence-electron chi connectivity index (χ1n) is 17.3. The summed E-state index contributed by atoms with van der Waals surface area (Å²) in [7, 11) is 3.30. The molecule has 0 aliphatic carbocycles. The lowest BCUT2D eigenvalue weighted by molar-refractivity contribution is 0.0583. The number of aliphatic hydroxyl groups is 1. The molecule has 0 saturated carbocycles. The molecule has 2 aromatic rings. The van der Waals surface area contributed by atoms with Gasteiger partial charge in [-0.3, -0.25) is 0 Å². The molecule has 0 bridgehead atoms. The minimum atomic E-state index is -0.540. The van der Waals surface area contributed by atoms with E-state index in [2.05, 4.69) is 24.0 Å². The maximum atomic E-state index is 13.3. The van der Waals surface area contributed by atoms with Gasteiger partial charge in [0.15, 0.2) is 11.5 Å². The van der Waals surface area contributed by atoms with Crippen LogP contribution in [0, 0.1) is 23.1 Å². The van der Waals surface area contributed by atoms with E-state index in [4.69, 9.17) is 9.47 Å². The van der Waals surface area contributed by atoms with E-state index < -0.39 is 11.5 Å². The molecular formula is C38H57FN2O3. The van der Waals surface area contributed by atoms with Crippen LogP contribution in [0.2, 0.25) is 0 Å². The Balaban J connectivity index is 1.50. The maximum absolute atomic E-state index is 13.3. The maximum Gasteiger partial charge on any atom is 0.161 e. The Kier molecular flexibility index (Phi) is 16.1. The van der Waals surface area contributed by atoms with Crippen molar-refractivity contribution in [2.24, 2.45) is 5.92 Å². The van der Waals surface area contributed by atoms with Crippen molar-refractivity contribution in [3.8, 4) is 17.6 Å². The average molecular weight is 609 g/mol. The third kappa shape index (κ3) is 11.1. The van der Waals surface area contributed by atoms with Crippen LogP contribution in [-0.2, 0) is 5.41 Å². The van der Waals surface area contributed by atoms with Gasteiger partial charge in [-0.1, -0.05) is 95.8 Å². The molecular weight excluding hydrogens is 551 g/mol. The van der Waals surface area contributed by atoms with Gasteiger partial charge in [-0.05, 0) is 93.0 Å². The standard InChI is InChI=1S/C38H57FN2O3/c1-4-5-6-7-8-9-10-11-12-13-24-38(30-40,33-18-21-35(43-2)36(29-33)44-3)25-14-15-26-41-27-22-32(23-28-41)37(42)31-16-19-34(39)20-17-31/h16-21,29,32,37,42H,4-15,22-28H2,1-3H3. The summed E-state index contributed by atoms with van der Waals surface area (Å²) in [4.78, 5) is 2.49. The molecule has 6 heteroatoms. The largest absolute Gasteiger partial charge is 0.493 e. The van der Waals surface area contributed by atoms with E-state index >= 15 is 0 Å². The number of unbranched alkanes of at least 4 members (excludes halogenated alkanes) is 10. The number of likely N-dealkylation sites (tertiary alicyclic amines) is 1. The van der Waals surface area contributed by atoms with Crippen molar-refractivity contribution >= 4 is 0 Å². The fourth-order valence-electron chi connectivity index (χ4n) is 6.82. The molecule has 0 amide bonds. The number of rotatable bonds is 21. The minimum absolute atomic E-state index is 0.203. The van der Waals surface area contributed by atoms with Crippen LogP contribution in [0.3, 0.4) is 0 Å². The zero-order valence-corrected chi connectivity index (χ0v) is 27.7. The molecule has 5 nitrogen and oxygen atoms in total. The van der Waals surface area contributed by atoms with Gasteiger partial charge < -0.3 is 19.5 Å². The Bertz CT molecular complexity index is 1110. The second-order valence-corrected chi connectivity index (χ2v) is 12.8. The fourth-order valence-corrected chi connectivity index (χ4v) is 6.82. The van der Waals surface area contributed by atoms with Gasteiger partial charge in [-0.2, -0.15) is 5.26 Å². The molecule has 2 unspecified atom stereocenters. The molecule has 1 aliphatic rings. The van der Waals surface area contributed by atoms with Gasteiger partial charge in [0.1, 0.15) is 5.82 Å². The average Bonchev–Trinajstić information content (AvgIpc) is 3.06. The Morgan fingerprint density at radius 2 is 1.41 bits per heavy atom. The molecule has 0 aromatic heterocycles. The predicted molar refractivity (Wildman–Crippen MR) is 178 cm³/mol. The van der Waals surface area contributed by atoms with E-state index in [1.54, 1.807) is 26.4 Å². The van der Waals surface area contributed by atoms with E-state index in [1.807, 2.05) is 12.1 Å². The molecule has 244 valence electrons. The number of nitrogens with zero attached hydrogens (tertiary/aromatic N) is 2. The van der Waals surface area contributed by atoms with Crippen LogP contribution >= 0.6 is 0 Å². The van der Waals surface area contributed by atoms with Crippen LogP contribution in [0.4, 0.5) is 4.39 Å². The van der Waals surface area contributed by atoms with Crippen molar-refractivity contribution in [1.29, 1.82) is 5.26 Å². The number of methoxy groups -OCH3 is 2. The van der Waals surface area contributed by atoms with E-state index in [-0.39, 0.29) is 11.7 Å². The van der Waals surface area contributed by atoms with Crippen LogP contribution in [-0.4, -0.2) is 43.9 Å². The van der Waals surface area contributed by atoms with E-state index in [0.717, 1.165) is 75.7 Å². The van der Waals surface area contributed by atoms with Gasteiger partial charge in [-0.25, -0.2) is 4.39 Å². The van der Waals surface area contributed by atoms with Gasteiger partial charge in [0.2, 0.25) is 0 Å². The van der Waals surface area contributed by atoms with E-state index in [0.29, 0.717) is 11.5 Å². The first-order chi connectivity index (χ1) is 21.5. The highest BCUT2D eigenvalue weighted by molar-refractivity contribution is 5.47. The lowest BCUT2D eigenvalue weighted by Gasteiger charge is -2.34. The highest BCUT2D eigenvalue weighted by Crippen LogP contribution is 2.40. The van der Waals surface area contributed by atoms with Crippen LogP contribution in [0.1, 0.15) is 127 Å². The molecule has 1 saturated heterocycles. The number of halogens is 1. The van der Waals surface area contributed by atoms with Crippen molar-refractivity contribution in [3.05, 3.63) is 59.4 Å². The molecule has 2 atom stereocenters. The number of hydrogen-bond donors (Lipinski definition) is 1. The number of nitriles is 1. The first kappa shape index (κ1) is 35.9. The van der Waals surface area contributed by atoms with Gasteiger partial charge in [0, 0.05) is 0 Å². The highest BCUT2D eigenvalue weighted by Gasteiger charge is 2.33. The fraction of sp³-hybridized carbons (Fsp3) is 0.658. The van der Waals surface area contributed by atoms with Crippen LogP contribution < -0.4 is 9.47 Å². The number of hydrogen-bond acceptors (Lipinski definition) is 5. The molecule has 2 aromatic carbocycles. The van der Waals surface area contributed by atoms with Crippen LogP contribution in [0.5, 0.6) is 11.5 Å². The molecule has 0 radical (unpaired) electrons. The van der Waals surface area contributed by atoms with Gasteiger partial charge in [-0.15, -0.1) is 0 Å². The van der Waals surface area contributed by atoms with E-state index in [9.17, 15) is 14.8 Å². The third-order valence-electron chi connectivity index (χ3n) is 9.73. The summed E-state index contributed by atoms with van der Waals surface area (Å²) in [5.74, 6) is 1.30. The van der Waals surface area contributed by atoms with Crippen molar-refractivity contribution in [3.63, 3.8) is 0 Å². The Morgan fingerprint density at radius 1 is 0.841 bits per heavy atom. The van der Waals surface area contributed by atoms with Crippen molar-refractivity contribution < 1.29 is 19.0 Å². The summed E-state index contributed by atoms with van der Waals surface area (Å²) in [5.41, 5.74) is 1.30. The highest BCUT2D eigenvalue weighted by atomic mass is 19.1. The molecule has 1 heterocycles. The number of piperidine rings is 1. The summed E-state index contributed by atoms with van der Waals surface area (Å²) in [6.45, 7) is 5.19. The lowest BCUT2D eigenvalue weighted by Crippen LogP contribution is -2.36. The SMILES string of the molecule is CCCCCCCCCCCCC(C#N)(CCCCN1CCC(C(O)c2ccc(F)cc2)CC1)c1ccc(OC)c(OC)c1. The van der Waals surface area contributed by atoms with E-state index in [1.165, 1.54) is 69.9 Å². The summed E-state index contributed by atoms with van der Waals surface area (Å²) in [6.07, 6.45) is 17.9. The van der Waals surface area contributed by atoms with Crippen LogP contribution in [0.25, 0.3) is 0 Å². The lowest BCUT2D eigenvalue weighted by atomic mass is 9.73. The van der Waals surface area contributed by atoms with Gasteiger partial charge in [0.05, 0.1) is 31.8 Å². The summed E-state index contributed by atoms with van der Waals surface area (Å²) in [5, 5.41) is 21.4. The minimum Gasteiger partial charge on any atom is -0.493 e. The first-order valence-corrected chi connectivity index (χ1v) is 17.3. The van der Waals surface area contributed by atoms with Crippen molar-refractivity contribution in [1.82, 2.24) is 4.90 Å². The molecule has 3 rings (SSSR count). The molecule has 1 N–H and O–H groups in total. The molecule has 0 spiro atoms. The third-order valence-corrected chi connectivity index (χ3v) is 9.73. The van der Waals surface area contributed by atoms with Crippen molar-refractivity contribution in [2.45, 2.75) is 121 Å². The molecule has 1 fully saturated rings. The summed E-state index contributed by atoms with van der Waals surface area (Å²) < 4.78 is 24.4. The predicted octanol–water partition coefficient (Wildman–Crippen LogP) is 9.53. The Hall–Kier alpha value is -2.62. The quantitative estimate of drug-likeness (QED) is 0.143. The molecule has 1 aliphatic heterocycles. The van der Waals surface area contributed by atoms with Crippen LogP contribution in [0.15, 0.2) is 42.5 Å². The summed E-state index contributed by atoms with van der Waals surface area (Å²) in [6, 6.07) is 15.0. The number of benzene rings is 2. The number of aliphatic hydroxyl groups excluding tert-OH is 1. The monoisotopic (exact) mass is 608 g/mol. The van der Waals surface area contributed by atoms with Gasteiger partial charge >= 0.3 is 0 Å². The Morgan fingerprint density at radius 3 is 1.98 bits per heavy atom. The van der Waals surface area contributed by atoms with Crippen molar-refractivity contribution in [2.75, 3.05) is 33.9 Å². The topological polar surface area (TPSA) is 65.7 Å². The Labute approximate surface area is 266 Å².